The molecule has 1 aromatic heterocycles. The first-order valence-corrected chi connectivity index (χ1v) is 8.43. The summed E-state index contributed by atoms with van der Waals surface area (Å²) in [5.41, 5.74) is 0. The molecule has 0 aliphatic carbocycles. The molecule has 2 saturated heterocycles. The maximum Gasteiger partial charge on any atom is 0.167 e. The molecule has 0 radical (unpaired) electrons. The Morgan fingerprint density at radius 2 is 2.09 bits per heavy atom. The number of ether oxygens (including phenoxy) is 2. The van der Waals surface area contributed by atoms with Gasteiger partial charge in [0.05, 0.1) is 24.9 Å². The predicted octanol–water partition coefficient (Wildman–Crippen LogP) is 1.32. The number of aryl methyl sites for hydroxylation is 1. The van der Waals surface area contributed by atoms with Gasteiger partial charge in [0.15, 0.2) is 5.82 Å². The van der Waals surface area contributed by atoms with Crippen LogP contribution < -0.4 is 0 Å². The fraction of sp³-hybridized carbons (Fsp3) is 0.933. The van der Waals surface area contributed by atoms with Gasteiger partial charge in [-0.25, -0.2) is 4.68 Å². The minimum Gasteiger partial charge on any atom is -0.376 e. The SMILES string of the molecule is C[C@H](c1nnnn1C)N1CCC(OC[C@@H]2CCCCO2)CC1. The summed E-state index contributed by atoms with van der Waals surface area (Å²) in [5.74, 6) is 0.926. The van der Waals surface area contributed by atoms with E-state index in [1.54, 1.807) is 4.68 Å². The fourth-order valence-electron chi connectivity index (χ4n) is 3.37. The quantitative estimate of drug-likeness (QED) is 0.817. The summed E-state index contributed by atoms with van der Waals surface area (Å²) in [4.78, 5) is 2.43. The van der Waals surface area contributed by atoms with Crippen molar-refractivity contribution < 1.29 is 9.47 Å². The van der Waals surface area contributed by atoms with Crippen molar-refractivity contribution in [3.63, 3.8) is 0 Å². The van der Waals surface area contributed by atoms with Crippen LogP contribution in [-0.2, 0) is 16.5 Å². The van der Waals surface area contributed by atoms with Crippen molar-refractivity contribution in [3.8, 4) is 0 Å². The first-order valence-electron chi connectivity index (χ1n) is 8.43. The molecule has 2 atom stereocenters. The van der Waals surface area contributed by atoms with Gasteiger partial charge >= 0.3 is 0 Å². The molecule has 22 heavy (non-hydrogen) atoms. The van der Waals surface area contributed by atoms with Gasteiger partial charge in [-0.15, -0.1) is 5.10 Å². The molecular formula is C15H27N5O2. The van der Waals surface area contributed by atoms with Gasteiger partial charge in [-0.2, -0.15) is 0 Å². The van der Waals surface area contributed by atoms with E-state index in [2.05, 4.69) is 27.3 Å². The van der Waals surface area contributed by atoms with Crippen LogP contribution in [-0.4, -0.2) is 63.6 Å². The monoisotopic (exact) mass is 309 g/mol. The normalized spacial score (nSPS) is 26.2. The van der Waals surface area contributed by atoms with Crippen LogP contribution in [0.25, 0.3) is 0 Å². The summed E-state index contributed by atoms with van der Waals surface area (Å²) < 4.78 is 13.6. The van der Waals surface area contributed by atoms with Crippen LogP contribution in [0.4, 0.5) is 0 Å². The van der Waals surface area contributed by atoms with Gasteiger partial charge in [0.25, 0.3) is 0 Å². The Balaban J connectivity index is 1.41. The number of tetrazole rings is 1. The standard InChI is InChI=1S/C15H27N5O2/c1-12(15-16-17-18-19(15)2)20-8-6-13(7-9-20)22-11-14-5-3-4-10-21-14/h12-14H,3-11H2,1-2H3/t12-,14+/m1/s1. The summed E-state index contributed by atoms with van der Waals surface area (Å²) in [7, 11) is 1.89. The van der Waals surface area contributed by atoms with Crippen molar-refractivity contribution in [2.45, 2.75) is 57.3 Å². The van der Waals surface area contributed by atoms with Gasteiger partial charge in [0.1, 0.15) is 0 Å². The van der Waals surface area contributed by atoms with Crippen LogP contribution in [0.3, 0.4) is 0 Å². The number of hydrogen-bond acceptors (Lipinski definition) is 6. The van der Waals surface area contributed by atoms with Crippen LogP contribution in [0.1, 0.15) is 50.9 Å². The third kappa shape index (κ3) is 3.83. The van der Waals surface area contributed by atoms with Crippen molar-refractivity contribution in [3.05, 3.63) is 5.82 Å². The Bertz CT molecular complexity index is 453. The van der Waals surface area contributed by atoms with Crippen molar-refractivity contribution in [2.75, 3.05) is 26.3 Å². The van der Waals surface area contributed by atoms with Crippen molar-refractivity contribution >= 4 is 0 Å². The van der Waals surface area contributed by atoms with E-state index < -0.39 is 0 Å². The highest BCUT2D eigenvalue weighted by molar-refractivity contribution is 4.91. The van der Waals surface area contributed by atoms with Crippen LogP contribution in [0.2, 0.25) is 0 Å². The highest BCUT2D eigenvalue weighted by Crippen LogP contribution is 2.24. The predicted molar refractivity (Wildman–Crippen MR) is 81.4 cm³/mol. The highest BCUT2D eigenvalue weighted by Gasteiger charge is 2.27. The first kappa shape index (κ1) is 15.8. The molecule has 1 aromatic rings. The van der Waals surface area contributed by atoms with E-state index in [4.69, 9.17) is 9.47 Å². The maximum absolute atomic E-state index is 6.07. The molecule has 2 aliphatic heterocycles. The van der Waals surface area contributed by atoms with Crippen molar-refractivity contribution in [1.82, 2.24) is 25.1 Å². The second kappa shape index (κ2) is 7.48. The third-order valence-corrected chi connectivity index (χ3v) is 4.84. The van der Waals surface area contributed by atoms with E-state index in [9.17, 15) is 0 Å². The largest absolute Gasteiger partial charge is 0.376 e. The van der Waals surface area contributed by atoms with Gasteiger partial charge in [-0.1, -0.05) is 0 Å². The number of aromatic nitrogens is 4. The molecule has 3 rings (SSSR count). The molecule has 0 N–H and O–H groups in total. The molecule has 0 amide bonds. The molecule has 7 heteroatoms. The molecule has 0 spiro atoms. The second-order valence-corrected chi connectivity index (χ2v) is 6.39. The van der Waals surface area contributed by atoms with Gasteiger partial charge in [-0.05, 0) is 49.5 Å². The van der Waals surface area contributed by atoms with Gasteiger partial charge < -0.3 is 9.47 Å². The molecule has 0 saturated carbocycles. The highest BCUT2D eigenvalue weighted by atomic mass is 16.5. The van der Waals surface area contributed by atoms with Crippen LogP contribution in [0.15, 0.2) is 0 Å². The minimum atomic E-state index is 0.252. The van der Waals surface area contributed by atoms with E-state index >= 15 is 0 Å². The van der Waals surface area contributed by atoms with E-state index in [0.717, 1.165) is 51.4 Å². The Labute approximate surface area is 131 Å². The molecule has 124 valence electrons. The number of hydrogen-bond donors (Lipinski definition) is 0. The topological polar surface area (TPSA) is 65.3 Å². The Kier molecular flexibility index (Phi) is 5.38. The van der Waals surface area contributed by atoms with Crippen molar-refractivity contribution in [1.29, 1.82) is 0 Å². The lowest BCUT2D eigenvalue weighted by Crippen LogP contribution is -2.40. The molecule has 0 bridgehead atoms. The van der Waals surface area contributed by atoms with E-state index in [1.807, 2.05) is 7.05 Å². The summed E-state index contributed by atoms with van der Waals surface area (Å²) in [6.07, 6.45) is 6.45. The smallest absolute Gasteiger partial charge is 0.167 e. The Morgan fingerprint density at radius 1 is 1.27 bits per heavy atom. The van der Waals surface area contributed by atoms with Gasteiger partial charge in [0.2, 0.25) is 0 Å². The molecule has 0 aromatic carbocycles. The average Bonchev–Trinajstić information content (AvgIpc) is 3.00. The number of rotatable bonds is 5. The maximum atomic E-state index is 6.07. The van der Waals surface area contributed by atoms with Crippen LogP contribution in [0.5, 0.6) is 0 Å². The molecule has 3 heterocycles. The Morgan fingerprint density at radius 3 is 2.73 bits per heavy atom. The van der Waals surface area contributed by atoms with Gasteiger partial charge in [-0.3, -0.25) is 4.90 Å². The number of likely N-dealkylation sites (tertiary alicyclic amines) is 1. The zero-order valence-electron chi connectivity index (χ0n) is 13.6. The fourth-order valence-corrected chi connectivity index (χ4v) is 3.37. The van der Waals surface area contributed by atoms with E-state index in [0.29, 0.717) is 12.2 Å². The van der Waals surface area contributed by atoms with Crippen LogP contribution in [0, 0.1) is 0 Å². The summed E-state index contributed by atoms with van der Waals surface area (Å²) in [5, 5.41) is 11.8. The molecular weight excluding hydrogens is 282 g/mol. The minimum absolute atomic E-state index is 0.252. The lowest BCUT2D eigenvalue weighted by molar-refractivity contribution is -0.0770. The van der Waals surface area contributed by atoms with Crippen molar-refractivity contribution in [2.24, 2.45) is 7.05 Å². The number of nitrogens with zero attached hydrogens (tertiary/aromatic N) is 5. The summed E-state index contributed by atoms with van der Waals surface area (Å²) >= 11 is 0. The summed E-state index contributed by atoms with van der Waals surface area (Å²) in [6.45, 7) is 5.89. The van der Waals surface area contributed by atoms with Gasteiger partial charge in [0, 0.05) is 26.7 Å². The lowest BCUT2D eigenvalue weighted by atomic mass is 10.1. The lowest BCUT2D eigenvalue weighted by Gasteiger charge is -2.35. The number of piperidine rings is 1. The summed E-state index contributed by atoms with van der Waals surface area (Å²) in [6, 6.07) is 0.252. The third-order valence-electron chi connectivity index (χ3n) is 4.84. The zero-order chi connectivity index (χ0) is 15.4. The second-order valence-electron chi connectivity index (χ2n) is 6.39. The van der Waals surface area contributed by atoms with E-state index in [1.165, 1.54) is 12.8 Å². The van der Waals surface area contributed by atoms with Crippen LogP contribution >= 0.6 is 0 Å². The average molecular weight is 309 g/mol. The first-order chi connectivity index (χ1) is 10.7. The molecule has 7 nitrogen and oxygen atoms in total. The molecule has 2 fully saturated rings. The van der Waals surface area contributed by atoms with E-state index in [-0.39, 0.29) is 6.04 Å². The molecule has 2 aliphatic rings. The zero-order valence-corrected chi connectivity index (χ0v) is 13.6. The Hall–Kier alpha value is -1.05. The molecule has 0 unspecified atom stereocenters.